The van der Waals surface area contributed by atoms with E-state index in [9.17, 15) is 0 Å². The molecule has 1 fully saturated rings. The summed E-state index contributed by atoms with van der Waals surface area (Å²) in [6.45, 7) is 3.12. The molecule has 0 radical (unpaired) electrons. The number of nitrogens with zero attached hydrogens (tertiary/aromatic N) is 3. The number of hydrogen-bond donors (Lipinski definition) is 1. The Hall–Kier alpha value is -1.20. The molecule has 0 aliphatic heterocycles. The minimum absolute atomic E-state index is 0.745. The van der Waals surface area contributed by atoms with E-state index in [1.54, 1.807) is 11.3 Å². The van der Waals surface area contributed by atoms with Crippen molar-refractivity contribution in [2.75, 3.05) is 0 Å². The van der Waals surface area contributed by atoms with Gasteiger partial charge in [-0.1, -0.05) is 6.92 Å². The first-order valence-corrected chi connectivity index (χ1v) is 7.30. The molecular formula is C13H18N4S. The van der Waals surface area contributed by atoms with Gasteiger partial charge in [-0.15, -0.1) is 11.3 Å². The molecule has 0 atom stereocenters. The highest BCUT2D eigenvalue weighted by Crippen LogP contribution is 2.28. The van der Waals surface area contributed by atoms with Gasteiger partial charge in [-0.05, 0) is 25.3 Å². The lowest BCUT2D eigenvalue weighted by molar-refractivity contribution is 0.689. The highest BCUT2D eigenvalue weighted by atomic mass is 32.1. The number of rotatable bonds is 5. The van der Waals surface area contributed by atoms with Crippen molar-refractivity contribution in [2.24, 2.45) is 7.05 Å². The van der Waals surface area contributed by atoms with Gasteiger partial charge in [0.05, 0.1) is 5.69 Å². The molecule has 0 aromatic carbocycles. The van der Waals surface area contributed by atoms with E-state index in [-0.39, 0.29) is 0 Å². The van der Waals surface area contributed by atoms with E-state index in [0.29, 0.717) is 0 Å². The van der Waals surface area contributed by atoms with Gasteiger partial charge in [-0.3, -0.25) is 4.68 Å². The molecule has 1 aliphatic rings. The molecule has 2 aromatic rings. The summed E-state index contributed by atoms with van der Waals surface area (Å²) in [7, 11) is 1.94. The molecule has 0 amide bonds. The summed E-state index contributed by atoms with van der Waals surface area (Å²) in [4.78, 5) is 6.08. The highest BCUT2D eigenvalue weighted by Gasteiger charge is 2.21. The number of aromatic nitrogens is 3. The standard InChI is InChI=1S/C13H18N4S/c1-3-10-12(8-14-9-4-5-9)18-13(15-10)11-6-7-17(2)16-11/h6-7,9,14H,3-5,8H2,1-2H3. The van der Waals surface area contributed by atoms with Crippen molar-refractivity contribution in [3.05, 3.63) is 22.8 Å². The molecule has 1 saturated carbocycles. The monoisotopic (exact) mass is 262 g/mol. The number of thiazole rings is 1. The van der Waals surface area contributed by atoms with Gasteiger partial charge in [0.2, 0.25) is 0 Å². The second-order valence-electron chi connectivity index (χ2n) is 4.77. The SMILES string of the molecule is CCc1nc(-c2ccn(C)n2)sc1CNC1CC1. The molecule has 4 nitrogen and oxygen atoms in total. The van der Waals surface area contributed by atoms with Crippen LogP contribution < -0.4 is 5.32 Å². The molecule has 1 aliphatic carbocycles. The Morgan fingerprint density at radius 3 is 2.94 bits per heavy atom. The van der Waals surface area contributed by atoms with E-state index in [4.69, 9.17) is 4.98 Å². The first kappa shape index (κ1) is 11.9. The first-order chi connectivity index (χ1) is 8.76. The van der Waals surface area contributed by atoms with Crippen molar-refractivity contribution in [1.82, 2.24) is 20.1 Å². The van der Waals surface area contributed by atoms with Crippen molar-refractivity contribution in [2.45, 2.75) is 38.8 Å². The second kappa shape index (κ2) is 4.82. The maximum Gasteiger partial charge on any atom is 0.144 e. The minimum atomic E-state index is 0.745. The summed E-state index contributed by atoms with van der Waals surface area (Å²) < 4.78 is 1.82. The highest BCUT2D eigenvalue weighted by molar-refractivity contribution is 7.15. The molecule has 96 valence electrons. The Kier molecular flexibility index (Phi) is 3.18. The second-order valence-corrected chi connectivity index (χ2v) is 5.86. The number of hydrogen-bond acceptors (Lipinski definition) is 4. The largest absolute Gasteiger partial charge is 0.309 e. The molecule has 0 saturated heterocycles. The average molecular weight is 262 g/mol. The smallest absolute Gasteiger partial charge is 0.144 e. The summed E-state index contributed by atoms with van der Waals surface area (Å²) in [5, 5.41) is 9.03. The van der Waals surface area contributed by atoms with E-state index in [1.807, 2.05) is 24.0 Å². The zero-order chi connectivity index (χ0) is 12.5. The van der Waals surface area contributed by atoms with Crippen LogP contribution in [0.15, 0.2) is 12.3 Å². The fourth-order valence-corrected chi connectivity index (χ4v) is 3.03. The molecular weight excluding hydrogens is 244 g/mol. The third kappa shape index (κ3) is 2.47. The average Bonchev–Trinajstić information content (AvgIpc) is 2.94. The Morgan fingerprint density at radius 2 is 2.33 bits per heavy atom. The Labute approximate surface area is 111 Å². The molecule has 1 N–H and O–H groups in total. The van der Waals surface area contributed by atoms with Crippen LogP contribution in [0.25, 0.3) is 10.7 Å². The topological polar surface area (TPSA) is 42.7 Å². The van der Waals surface area contributed by atoms with Crippen molar-refractivity contribution in [3.63, 3.8) is 0 Å². The van der Waals surface area contributed by atoms with Crippen LogP contribution in [0.4, 0.5) is 0 Å². The van der Waals surface area contributed by atoms with Crippen LogP contribution in [0.1, 0.15) is 30.3 Å². The Balaban J connectivity index is 1.82. The third-order valence-corrected chi connectivity index (χ3v) is 4.29. The lowest BCUT2D eigenvalue weighted by atomic mass is 10.3. The van der Waals surface area contributed by atoms with Crippen molar-refractivity contribution < 1.29 is 0 Å². The van der Waals surface area contributed by atoms with Crippen molar-refractivity contribution in [3.8, 4) is 10.7 Å². The van der Waals surface area contributed by atoms with Gasteiger partial charge in [0, 0.05) is 30.7 Å². The van der Waals surface area contributed by atoms with E-state index in [0.717, 1.165) is 29.7 Å². The molecule has 0 unspecified atom stereocenters. The zero-order valence-electron chi connectivity index (χ0n) is 10.8. The predicted molar refractivity (Wildman–Crippen MR) is 73.6 cm³/mol. The lowest BCUT2D eigenvalue weighted by Crippen LogP contribution is -2.15. The maximum atomic E-state index is 4.71. The van der Waals surface area contributed by atoms with Crippen LogP contribution in [-0.4, -0.2) is 20.8 Å². The Morgan fingerprint density at radius 1 is 1.50 bits per heavy atom. The third-order valence-electron chi connectivity index (χ3n) is 3.17. The van der Waals surface area contributed by atoms with Crippen LogP contribution in [0.3, 0.4) is 0 Å². The Bertz CT molecular complexity index is 539. The van der Waals surface area contributed by atoms with Crippen molar-refractivity contribution >= 4 is 11.3 Å². The summed E-state index contributed by atoms with van der Waals surface area (Å²) in [5.41, 5.74) is 2.20. The molecule has 5 heteroatoms. The molecule has 18 heavy (non-hydrogen) atoms. The summed E-state index contributed by atoms with van der Waals surface area (Å²) >= 11 is 1.77. The summed E-state index contributed by atoms with van der Waals surface area (Å²) in [5.74, 6) is 0. The van der Waals surface area contributed by atoms with Crippen molar-refractivity contribution in [1.29, 1.82) is 0 Å². The predicted octanol–water partition coefficient (Wildman–Crippen LogP) is 2.36. The van der Waals surface area contributed by atoms with E-state index in [2.05, 4.69) is 17.3 Å². The van der Waals surface area contributed by atoms with E-state index >= 15 is 0 Å². The molecule has 0 bridgehead atoms. The molecule has 2 heterocycles. The van der Waals surface area contributed by atoms with Gasteiger partial charge in [0.15, 0.2) is 0 Å². The summed E-state index contributed by atoms with van der Waals surface area (Å²) in [6, 6.07) is 2.77. The summed E-state index contributed by atoms with van der Waals surface area (Å²) in [6.07, 6.45) is 5.61. The van der Waals surface area contributed by atoms with Crippen LogP contribution >= 0.6 is 11.3 Å². The molecule has 2 aromatic heterocycles. The van der Waals surface area contributed by atoms with Crippen LogP contribution in [-0.2, 0) is 20.0 Å². The van der Waals surface area contributed by atoms with Gasteiger partial charge >= 0.3 is 0 Å². The minimum Gasteiger partial charge on any atom is -0.309 e. The van der Waals surface area contributed by atoms with Crippen LogP contribution in [0.2, 0.25) is 0 Å². The van der Waals surface area contributed by atoms with Gasteiger partial charge in [-0.2, -0.15) is 5.10 Å². The normalized spacial score (nSPS) is 15.2. The van der Waals surface area contributed by atoms with Crippen LogP contribution in [0, 0.1) is 0 Å². The fraction of sp³-hybridized carbons (Fsp3) is 0.538. The number of nitrogens with one attached hydrogen (secondary N) is 1. The van der Waals surface area contributed by atoms with E-state index < -0.39 is 0 Å². The molecule has 0 spiro atoms. The van der Waals surface area contributed by atoms with Gasteiger partial charge in [-0.25, -0.2) is 4.98 Å². The van der Waals surface area contributed by atoms with E-state index in [1.165, 1.54) is 23.4 Å². The lowest BCUT2D eigenvalue weighted by Gasteiger charge is -2.00. The fourth-order valence-electron chi connectivity index (χ4n) is 1.96. The van der Waals surface area contributed by atoms with Crippen LogP contribution in [0.5, 0.6) is 0 Å². The van der Waals surface area contributed by atoms with Gasteiger partial charge in [0.25, 0.3) is 0 Å². The quantitative estimate of drug-likeness (QED) is 0.899. The zero-order valence-corrected chi connectivity index (χ0v) is 11.6. The van der Waals surface area contributed by atoms with Gasteiger partial charge < -0.3 is 5.32 Å². The maximum absolute atomic E-state index is 4.71. The van der Waals surface area contributed by atoms with Gasteiger partial charge in [0.1, 0.15) is 10.7 Å². The molecule has 3 rings (SSSR count). The number of aryl methyl sites for hydroxylation is 2. The first-order valence-electron chi connectivity index (χ1n) is 6.48.